The minimum atomic E-state index is -0.589. The van der Waals surface area contributed by atoms with E-state index in [4.69, 9.17) is 0 Å². The SMILES string of the molecule is CCCCCCC=C=C(C)C(O)c1cc2ccccc2n1CC. The minimum Gasteiger partial charge on any atom is -0.382 e. The van der Waals surface area contributed by atoms with Crippen molar-refractivity contribution in [2.45, 2.75) is 65.5 Å². The standard InChI is InChI=1S/C21H29NO/c1-4-6-7-8-9-10-13-17(3)21(23)20-16-18-14-11-12-15-19(18)22(20)5-2/h10-12,14-16,21,23H,4-9H2,1-3H3. The number of benzene rings is 1. The second-order valence-electron chi connectivity index (χ2n) is 6.16. The smallest absolute Gasteiger partial charge is 0.122 e. The molecule has 0 aliphatic heterocycles. The third kappa shape index (κ3) is 4.37. The molecular weight excluding hydrogens is 282 g/mol. The van der Waals surface area contributed by atoms with Gasteiger partial charge in [0.15, 0.2) is 0 Å². The molecule has 0 bridgehead atoms. The summed E-state index contributed by atoms with van der Waals surface area (Å²) < 4.78 is 2.19. The van der Waals surface area contributed by atoms with Crippen molar-refractivity contribution < 1.29 is 5.11 Å². The average molecular weight is 311 g/mol. The average Bonchev–Trinajstić information content (AvgIpc) is 2.95. The fraction of sp³-hybridized carbons (Fsp3) is 0.476. The van der Waals surface area contributed by atoms with Crippen LogP contribution in [0.5, 0.6) is 0 Å². The second kappa shape index (κ2) is 8.76. The molecule has 1 aromatic carbocycles. The molecule has 1 unspecified atom stereocenters. The van der Waals surface area contributed by atoms with Crippen molar-refractivity contribution in [1.29, 1.82) is 0 Å². The normalized spacial score (nSPS) is 12.2. The summed E-state index contributed by atoms with van der Waals surface area (Å²) >= 11 is 0. The third-order valence-corrected chi connectivity index (χ3v) is 4.38. The summed E-state index contributed by atoms with van der Waals surface area (Å²) in [6, 6.07) is 10.4. The predicted octanol–water partition coefficient (Wildman–Crippen LogP) is 5.77. The zero-order valence-corrected chi connectivity index (χ0v) is 14.7. The Hall–Kier alpha value is -1.76. The number of aliphatic hydroxyl groups is 1. The molecule has 0 aliphatic rings. The first-order valence-corrected chi connectivity index (χ1v) is 8.86. The summed E-state index contributed by atoms with van der Waals surface area (Å²) in [7, 11) is 0. The first kappa shape index (κ1) is 17.6. The molecule has 0 fully saturated rings. The molecule has 23 heavy (non-hydrogen) atoms. The predicted molar refractivity (Wildman–Crippen MR) is 98.6 cm³/mol. The van der Waals surface area contributed by atoms with Crippen LogP contribution in [0.2, 0.25) is 0 Å². The van der Waals surface area contributed by atoms with E-state index in [1.54, 1.807) is 0 Å². The van der Waals surface area contributed by atoms with Crippen LogP contribution in [0, 0.1) is 0 Å². The maximum Gasteiger partial charge on any atom is 0.122 e. The fourth-order valence-corrected chi connectivity index (χ4v) is 3.02. The number of para-hydroxylation sites is 1. The zero-order valence-electron chi connectivity index (χ0n) is 14.7. The lowest BCUT2D eigenvalue weighted by atomic mass is 10.1. The lowest BCUT2D eigenvalue weighted by Crippen LogP contribution is -2.07. The molecule has 1 N–H and O–H groups in total. The number of hydrogen-bond donors (Lipinski definition) is 1. The van der Waals surface area contributed by atoms with Crippen LogP contribution in [0.15, 0.2) is 47.7 Å². The molecule has 0 aliphatic carbocycles. The van der Waals surface area contributed by atoms with E-state index < -0.39 is 6.10 Å². The molecule has 0 radical (unpaired) electrons. The molecular formula is C21H29NO. The van der Waals surface area contributed by atoms with Crippen molar-refractivity contribution in [3.05, 3.63) is 53.4 Å². The van der Waals surface area contributed by atoms with Crippen LogP contribution in [0.1, 0.15) is 64.7 Å². The highest BCUT2D eigenvalue weighted by Crippen LogP contribution is 2.28. The van der Waals surface area contributed by atoms with Crippen molar-refractivity contribution in [3.63, 3.8) is 0 Å². The van der Waals surface area contributed by atoms with Crippen molar-refractivity contribution in [2.24, 2.45) is 0 Å². The Labute approximate surface area is 140 Å². The second-order valence-corrected chi connectivity index (χ2v) is 6.16. The van der Waals surface area contributed by atoms with Gasteiger partial charge in [-0.15, -0.1) is 5.73 Å². The highest BCUT2D eigenvalue weighted by molar-refractivity contribution is 5.81. The van der Waals surface area contributed by atoms with E-state index in [9.17, 15) is 5.11 Å². The summed E-state index contributed by atoms with van der Waals surface area (Å²) in [5, 5.41) is 11.9. The van der Waals surface area contributed by atoms with Crippen molar-refractivity contribution in [3.8, 4) is 0 Å². The van der Waals surface area contributed by atoms with Crippen LogP contribution in [-0.4, -0.2) is 9.67 Å². The number of aromatic nitrogens is 1. The van der Waals surface area contributed by atoms with Gasteiger partial charge in [-0.1, -0.05) is 44.4 Å². The Morgan fingerprint density at radius 2 is 2.00 bits per heavy atom. The molecule has 0 saturated heterocycles. The lowest BCUT2D eigenvalue weighted by molar-refractivity contribution is 0.206. The van der Waals surface area contributed by atoms with E-state index in [2.05, 4.69) is 48.4 Å². The minimum absolute atomic E-state index is 0.589. The summed E-state index contributed by atoms with van der Waals surface area (Å²) in [4.78, 5) is 0. The monoisotopic (exact) mass is 311 g/mol. The molecule has 2 rings (SSSR count). The van der Waals surface area contributed by atoms with Gasteiger partial charge in [0.25, 0.3) is 0 Å². The first-order chi connectivity index (χ1) is 11.2. The molecule has 2 nitrogen and oxygen atoms in total. The number of nitrogens with zero attached hydrogens (tertiary/aromatic N) is 1. The van der Waals surface area contributed by atoms with Gasteiger partial charge in [-0.3, -0.25) is 0 Å². The number of fused-ring (bicyclic) bond motifs is 1. The van der Waals surface area contributed by atoms with Crippen LogP contribution in [0.3, 0.4) is 0 Å². The summed E-state index contributed by atoms with van der Waals surface area (Å²) in [6.07, 6.45) is 7.58. The molecule has 1 heterocycles. The summed E-state index contributed by atoms with van der Waals surface area (Å²) in [6.45, 7) is 7.16. The van der Waals surface area contributed by atoms with E-state index in [1.807, 2.05) is 19.1 Å². The Bertz CT molecular complexity index is 689. The topological polar surface area (TPSA) is 25.2 Å². The van der Waals surface area contributed by atoms with Crippen LogP contribution < -0.4 is 0 Å². The van der Waals surface area contributed by atoms with E-state index in [0.29, 0.717) is 0 Å². The van der Waals surface area contributed by atoms with Gasteiger partial charge in [-0.25, -0.2) is 0 Å². The number of aliphatic hydroxyl groups excluding tert-OH is 1. The van der Waals surface area contributed by atoms with Crippen molar-refractivity contribution >= 4 is 10.9 Å². The molecule has 0 saturated carbocycles. The van der Waals surface area contributed by atoms with Gasteiger partial charge in [-0.05, 0) is 50.3 Å². The number of aryl methyl sites for hydroxylation is 1. The van der Waals surface area contributed by atoms with Gasteiger partial charge in [-0.2, -0.15) is 0 Å². The van der Waals surface area contributed by atoms with Gasteiger partial charge < -0.3 is 9.67 Å². The molecule has 1 aromatic heterocycles. The van der Waals surface area contributed by atoms with Gasteiger partial charge >= 0.3 is 0 Å². The lowest BCUT2D eigenvalue weighted by Gasteiger charge is -2.13. The highest BCUT2D eigenvalue weighted by Gasteiger charge is 2.16. The molecule has 0 spiro atoms. The Morgan fingerprint density at radius 3 is 2.74 bits per heavy atom. The first-order valence-electron chi connectivity index (χ1n) is 8.86. The third-order valence-electron chi connectivity index (χ3n) is 4.38. The quantitative estimate of drug-likeness (QED) is 0.486. The largest absolute Gasteiger partial charge is 0.382 e. The van der Waals surface area contributed by atoms with E-state index in [0.717, 1.165) is 24.2 Å². The van der Waals surface area contributed by atoms with E-state index in [1.165, 1.54) is 36.6 Å². The van der Waals surface area contributed by atoms with E-state index in [-0.39, 0.29) is 0 Å². The number of unbranched alkanes of at least 4 members (excludes halogenated alkanes) is 4. The highest BCUT2D eigenvalue weighted by atomic mass is 16.3. The Morgan fingerprint density at radius 1 is 1.22 bits per heavy atom. The number of rotatable bonds is 8. The van der Waals surface area contributed by atoms with Gasteiger partial charge in [0.05, 0.1) is 5.69 Å². The van der Waals surface area contributed by atoms with Crippen LogP contribution in [0.4, 0.5) is 0 Å². The molecule has 2 aromatic rings. The Balaban J connectivity index is 2.16. The maximum atomic E-state index is 10.7. The summed E-state index contributed by atoms with van der Waals surface area (Å²) in [5.74, 6) is 0. The summed E-state index contributed by atoms with van der Waals surface area (Å²) in [5.41, 5.74) is 6.31. The molecule has 1 atom stereocenters. The molecule has 2 heteroatoms. The number of hydrogen-bond acceptors (Lipinski definition) is 1. The maximum absolute atomic E-state index is 10.7. The van der Waals surface area contributed by atoms with Gasteiger partial charge in [0, 0.05) is 17.6 Å². The zero-order chi connectivity index (χ0) is 16.7. The fourth-order valence-electron chi connectivity index (χ4n) is 3.02. The van der Waals surface area contributed by atoms with Crippen LogP contribution in [-0.2, 0) is 6.54 Å². The van der Waals surface area contributed by atoms with Gasteiger partial charge in [0.2, 0.25) is 0 Å². The van der Waals surface area contributed by atoms with Crippen molar-refractivity contribution in [2.75, 3.05) is 0 Å². The molecule has 0 amide bonds. The van der Waals surface area contributed by atoms with Crippen molar-refractivity contribution in [1.82, 2.24) is 4.57 Å². The van der Waals surface area contributed by atoms with Gasteiger partial charge in [0.1, 0.15) is 6.10 Å². The Kier molecular flexibility index (Phi) is 6.70. The van der Waals surface area contributed by atoms with Crippen LogP contribution in [0.25, 0.3) is 10.9 Å². The van der Waals surface area contributed by atoms with E-state index >= 15 is 0 Å². The van der Waals surface area contributed by atoms with Crippen LogP contribution >= 0.6 is 0 Å². The molecule has 124 valence electrons.